The lowest BCUT2D eigenvalue weighted by Gasteiger charge is -2.17. The molecule has 114 valence electrons. The Labute approximate surface area is 128 Å². The normalized spacial score (nSPS) is 12.3. The summed E-state index contributed by atoms with van der Waals surface area (Å²) in [4.78, 5) is 12.5. The van der Waals surface area contributed by atoms with Gasteiger partial charge in [-0.25, -0.2) is 0 Å². The number of rotatable bonds is 7. The van der Waals surface area contributed by atoms with Crippen LogP contribution < -0.4 is 5.32 Å². The molecular weight excluding hydrogens is 288 g/mol. The van der Waals surface area contributed by atoms with Gasteiger partial charge in [-0.3, -0.25) is 9.48 Å². The first kappa shape index (κ1) is 15.7. The van der Waals surface area contributed by atoms with Crippen LogP contribution in [0.4, 0.5) is 0 Å². The molecule has 1 atom stereocenters. The molecule has 7 heteroatoms. The number of nitrogens with zero attached hydrogens (tertiary/aromatic N) is 3. The van der Waals surface area contributed by atoms with Crippen LogP contribution in [0.3, 0.4) is 0 Å². The van der Waals surface area contributed by atoms with Crippen molar-refractivity contribution in [1.29, 1.82) is 0 Å². The van der Waals surface area contributed by atoms with Gasteiger partial charge in [0.05, 0.1) is 6.20 Å². The monoisotopic (exact) mass is 308 g/mol. The number of hydrogen-bond donors (Lipinski definition) is 2. The highest BCUT2D eigenvalue weighted by Gasteiger charge is 2.20. The SMILES string of the molecule is CSCC(CCO)NC(=O)c1cnn(C)c1-n1cccc1. The Balaban J connectivity index is 2.20. The zero-order valence-corrected chi connectivity index (χ0v) is 13.0. The number of hydrogen-bond acceptors (Lipinski definition) is 4. The van der Waals surface area contributed by atoms with Crippen LogP contribution in [0.1, 0.15) is 16.8 Å². The molecule has 2 heterocycles. The molecule has 1 unspecified atom stereocenters. The van der Waals surface area contributed by atoms with E-state index in [2.05, 4.69) is 10.4 Å². The van der Waals surface area contributed by atoms with Gasteiger partial charge in [-0.1, -0.05) is 0 Å². The molecule has 2 aromatic rings. The van der Waals surface area contributed by atoms with Crippen molar-refractivity contribution in [2.24, 2.45) is 7.05 Å². The van der Waals surface area contributed by atoms with E-state index in [1.165, 1.54) is 0 Å². The molecule has 2 aromatic heterocycles. The van der Waals surface area contributed by atoms with E-state index in [1.54, 1.807) is 29.7 Å². The lowest BCUT2D eigenvalue weighted by Crippen LogP contribution is -2.37. The average molecular weight is 308 g/mol. The largest absolute Gasteiger partial charge is 0.396 e. The number of nitrogens with one attached hydrogen (secondary N) is 1. The lowest BCUT2D eigenvalue weighted by atomic mass is 10.2. The number of thioether (sulfide) groups is 1. The fraction of sp³-hybridized carbons (Fsp3) is 0.429. The average Bonchev–Trinajstić information content (AvgIpc) is 3.08. The van der Waals surface area contributed by atoms with Crippen LogP contribution in [0.5, 0.6) is 0 Å². The Morgan fingerprint density at radius 3 is 2.81 bits per heavy atom. The summed E-state index contributed by atoms with van der Waals surface area (Å²) < 4.78 is 3.53. The van der Waals surface area contributed by atoms with Gasteiger partial charge in [0.25, 0.3) is 5.91 Å². The Bertz CT molecular complexity index is 574. The highest BCUT2D eigenvalue weighted by Crippen LogP contribution is 2.14. The van der Waals surface area contributed by atoms with Crippen LogP contribution in [-0.2, 0) is 7.05 Å². The zero-order chi connectivity index (χ0) is 15.2. The molecule has 1 amide bonds. The number of carbonyl (C=O) groups excluding carboxylic acids is 1. The summed E-state index contributed by atoms with van der Waals surface area (Å²) in [5, 5.41) is 16.2. The Kier molecular flexibility index (Phi) is 5.46. The van der Waals surface area contributed by atoms with Crippen molar-refractivity contribution in [3.63, 3.8) is 0 Å². The molecule has 0 saturated carbocycles. The summed E-state index contributed by atoms with van der Waals surface area (Å²) in [5.74, 6) is 1.33. The fourth-order valence-corrected chi connectivity index (χ4v) is 2.84. The van der Waals surface area contributed by atoms with Gasteiger partial charge in [0.1, 0.15) is 11.4 Å². The topological polar surface area (TPSA) is 72.1 Å². The molecule has 0 aliphatic carbocycles. The number of carbonyl (C=O) groups is 1. The number of aliphatic hydroxyl groups excluding tert-OH is 1. The minimum atomic E-state index is -0.167. The third kappa shape index (κ3) is 3.68. The van der Waals surface area contributed by atoms with E-state index in [1.807, 2.05) is 35.3 Å². The second kappa shape index (κ2) is 7.33. The molecule has 0 saturated heterocycles. The van der Waals surface area contributed by atoms with E-state index < -0.39 is 0 Å². The van der Waals surface area contributed by atoms with E-state index >= 15 is 0 Å². The minimum absolute atomic E-state index is 0.0461. The van der Waals surface area contributed by atoms with E-state index in [4.69, 9.17) is 5.11 Å². The van der Waals surface area contributed by atoms with E-state index in [-0.39, 0.29) is 18.6 Å². The summed E-state index contributed by atoms with van der Waals surface area (Å²) in [7, 11) is 1.80. The third-order valence-electron chi connectivity index (χ3n) is 3.18. The predicted octanol–water partition coefficient (Wildman–Crippen LogP) is 1.05. The molecule has 0 aliphatic rings. The van der Waals surface area contributed by atoms with Gasteiger partial charge < -0.3 is 15.0 Å². The number of aryl methyl sites for hydroxylation is 1. The molecular formula is C14H20N4O2S. The second-order valence-corrected chi connectivity index (χ2v) is 5.64. The summed E-state index contributed by atoms with van der Waals surface area (Å²) >= 11 is 1.64. The Morgan fingerprint density at radius 1 is 1.48 bits per heavy atom. The smallest absolute Gasteiger partial charge is 0.256 e. The van der Waals surface area contributed by atoms with E-state index in [0.717, 1.165) is 11.6 Å². The standard InChI is InChI=1S/C14H20N4O2S/c1-17-14(18-6-3-4-7-18)12(9-15-17)13(20)16-11(5-8-19)10-21-2/h3-4,6-7,9,11,19H,5,8,10H2,1-2H3,(H,16,20). The van der Waals surface area contributed by atoms with Crippen LogP contribution in [0, 0.1) is 0 Å². The fourth-order valence-electron chi connectivity index (χ4n) is 2.19. The molecule has 6 nitrogen and oxygen atoms in total. The maximum atomic E-state index is 12.5. The maximum Gasteiger partial charge on any atom is 0.256 e. The van der Waals surface area contributed by atoms with Crippen molar-refractivity contribution in [1.82, 2.24) is 19.7 Å². The van der Waals surface area contributed by atoms with Crippen LogP contribution in [-0.4, -0.2) is 50.0 Å². The third-order valence-corrected chi connectivity index (χ3v) is 3.92. The molecule has 0 radical (unpaired) electrons. The highest BCUT2D eigenvalue weighted by molar-refractivity contribution is 7.98. The predicted molar refractivity (Wildman–Crippen MR) is 83.9 cm³/mol. The number of amides is 1. The van der Waals surface area contributed by atoms with E-state index in [0.29, 0.717) is 12.0 Å². The molecule has 0 spiro atoms. The molecule has 0 bridgehead atoms. The first-order valence-electron chi connectivity index (χ1n) is 6.73. The minimum Gasteiger partial charge on any atom is -0.396 e. The summed E-state index contributed by atoms with van der Waals surface area (Å²) in [6.07, 6.45) is 7.85. The van der Waals surface area contributed by atoms with Crippen molar-refractivity contribution in [2.75, 3.05) is 18.6 Å². The van der Waals surface area contributed by atoms with Gasteiger partial charge in [-0.15, -0.1) is 0 Å². The molecule has 2 N–H and O–H groups in total. The van der Waals surface area contributed by atoms with Gasteiger partial charge in [0.2, 0.25) is 0 Å². The van der Waals surface area contributed by atoms with Gasteiger partial charge in [0.15, 0.2) is 0 Å². The first-order chi connectivity index (χ1) is 10.2. The van der Waals surface area contributed by atoms with Crippen molar-refractivity contribution >= 4 is 17.7 Å². The van der Waals surface area contributed by atoms with Gasteiger partial charge in [-0.2, -0.15) is 16.9 Å². The van der Waals surface area contributed by atoms with Gasteiger partial charge in [0, 0.05) is 37.8 Å². The maximum absolute atomic E-state index is 12.5. The first-order valence-corrected chi connectivity index (χ1v) is 8.12. The molecule has 0 aromatic carbocycles. The van der Waals surface area contributed by atoms with Crippen LogP contribution in [0.2, 0.25) is 0 Å². The Hall–Kier alpha value is -1.73. The lowest BCUT2D eigenvalue weighted by molar-refractivity contribution is 0.0935. The van der Waals surface area contributed by atoms with Crippen molar-refractivity contribution in [3.8, 4) is 5.82 Å². The number of aliphatic hydroxyl groups is 1. The number of aromatic nitrogens is 3. The Morgan fingerprint density at radius 2 is 2.19 bits per heavy atom. The highest BCUT2D eigenvalue weighted by atomic mass is 32.2. The van der Waals surface area contributed by atoms with Crippen molar-refractivity contribution in [3.05, 3.63) is 36.3 Å². The summed E-state index contributed by atoms with van der Waals surface area (Å²) in [6, 6.07) is 3.75. The zero-order valence-electron chi connectivity index (χ0n) is 12.2. The quantitative estimate of drug-likeness (QED) is 0.802. The molecule has 2 rings (SSSR count). The second-order valence-electron chi connectivity index (χ2n) is 4.73. The van der Waals surface area contributed by atoms with Crippen LogP contribution in [0.15, 0.2) is 30.7 Å². The molecule has 21 heavy (non-hydrogen) atoms. The van der Waals surface area contributed by atoms with Crippen molar-refractivity contribution in [2.45, 2.75) is 12.5 Å². The van der Waals surface area contributed by atoms with Gasteiger partial charge in [-0.05, 0) is 24.8 Å². The van der Waals surface area contributed by atoms with E-state index in [9.17, 15) is 4.79 Å². The van der Waals surface area contributed by atoms with Gasteiger partial charge >= 0.3 is 0 Å². The summed E-state index contributed by atoms with van der Waals surface area (Å²) in [6.45, 7) is 0.0585. The molecule has 0 aliphatic heterocycles. The van der Waals surface area contributed by atoms with Crippen molar-refractivity contribution < 1.29 is 9.90 Å². The molecule has 0 fully saturated rings. The summed E-state index contributed by atoms with van der Waals surface area (Å²) in [5.41, 5.74) is 0.526. The van der Waals surface area contributed by atoms with Crippen LogP contribution in [0.25, 0.3) is 5.82 Å². The van der Waals surface area contributed by atoms with Crippen LogP contribution >= 0.6 is 11.8 Å².